The summed E-state index contributed by atoms with van der Waals surface area (Å²) in [5.41, 5.74) is 0.826. The molecule has 2 amide bonds. The van der Waals surface area contributed by atoms with E-state index in [9.17, 15) is 9.59 Å². The Kier molecular flexibility index (Phi) is 3.81. The number of nitrogens with zero attached hydrogens (tertiary/aromatic N) is 3. The third-order valence-corrected chi connectivity index (χ3v) is 3.23. The molecule has 0 unspecified atom stereocenters. The Morgan fingerprint density at radius 1 is 1.11 bits per heavy atom. The van der Waals surface area contributed by atoms with Crippen molar-refractivity contribution in [1.29, 1.82) is 0 Å². The summed E-state index contributed by atoms with van der Waals surface area (Å²) in [6.07, 6.45) is 2.93. The number of carbonyl (C=O) groups excluding carboxylic acids is 2. The molecular formula is C11H11N5O2S. The monoisotopic (exact) mass is 277 g/mol. The van der Waals surface area contributed by atoms with E-state index in [0.29, 0.717) is 5.13 Å². The van der Waals surface area contributed by atoms with Crippen LogP contribution in [0.3, 0.4) is 0 Å². The van der Waals surface area contributed by atoms with Gasteiger partial charge in [-0.25, -0.2) is 15.0 Å². The normalized spacial score (nSPS) is 10.0. The average molecular weight is 277 g/mol. The van der Waals surface area contributed by atoms with Gasteiger partial charge in [0.05, 0.1) is 5.69 Å². The number of nitrogens with one attached hydrogen (secondary N) is 2. The van der Waals surface area contributed by atoms with Crippen molar-refractivity contribution in [3.8, 4) is 0 Å². The van der Waals surface area contributed by atoms with E-state index in [1.54, 1.807) is 6.07 Å². The predicted octanol–water partition coefficient (Wildman–Crippen LogP) is 1.13. The van der Waals surface area contributed by atoms with Crippen molar-refractivity contribution in [1.82, 2.24) is 15.0 Å². The van der Waals surface area contributed by atoms with Crippen molar-refractivity contribution < 1.29 is 9.59 Å². The van der Waals surface area contributed by atoms with Crippen molar-refractivity contribution in [3.05, 3.63) is 29.0 Å². The molecular weight excluding hydrogens is 266 g/mol. The fourth-order valence-corrected chi connectivity index (χ4v) is 2.01. The third-order valence-electron chi connectivity index (χ3n) is 2.25. The van der Waals surface area contributed by atoms with Gasteiger partial charge in [0.15, 0.2) is 5.13 Å². The van der Waals surface area contributed by atoms with Gasteiger partial charge in [-0.3, -0.25) is 20.2 Å². The molecule has 0 atom stereocenters. The molecule has 2 heterocycles. The Labute approximate surface area is 113 Å². The molecule has 0 radical (unpaired) electrons. The highest BCUT2D eigenvalue weighted by atomic mass is 32.1. The van der Waals surface area contributed by atoms with Crippen LogP contribution in [0.15, 0.2) is 18.5 Å². The summed E-state index contributed by atoms with van der Waals surface area (Å²) in [6.45, 7) is 3.72. The van der Waals surface area contributed by atoms with Crippen molar-refractivity contribution in [2.75, 3.05) is 10.6 Å². The first-order valence-electron chi connectivity index (χ1n) is 5.39. The van der Waals surface area contributed by atoms with Gasteiger partial charge in [-0.2, -0.15) is 0 Å². The van der Waals surface area contributed by atoms with Gasteiger partial charge in [0.2, 0.25) is 5.95 Å². The van der Waals surface area contributed by atoms with Gasteiger partial charge in [-0.05, 0) is 19.9 Å². The number of aromatic nitrogens is 3. The molecule has 0 saturated heterocycles. The second kappa shape index (κ2) is 5.53. The van der Waals surface area contributed by atoms with E-state index >= 15 is 0 Å². The first kappa shape index (κ1) is 13.1. The molecule has 0 bridgehead atoms. The van der Waals surface area contributed by atoms with Crippen LogP contribution < -0.4 is 10.6 Å². The van der Waals surface area contributed by atoms with Crippen LogP contribution in [-0.4, -0.2) is 26.8 Å². The quantitative estimate of drug-likeness (QED) is 0.802. The fraction of sp³-hybridized carbons (Fsp3) is 0.182. The Balaban J connectivity index is 1.98. The zero-order valence-corrected chi connectivity index (χ0v) is 11.1. The van der Waals surface area contributed by atoms with Gasteiger partial charge < -0.3 is 0 Å². The Morgan fingerprint density at radius 2 is 1.74 bits per heavy atom. The van der Waals surface area contributed by atoms with Gasteiger partial charge in [0.25, 0.3) is 0 Å². The molecule has 0 aliphatic carbocycles. The summed E-state index contributed by atoms with van der Waals surface area (Å²) in [7, 11) is 0. The van der Waals surface area contributed by atoms with Crippen LogP contribution >= 0.6 is 11.3 Å². The topological polar surface area (TPSA) is 96.9 Å². The molecule has 7 nitrogen and oxygen atoms in total. The van der Waals surface area contributed by atoms with Gasteiger partial charge in [-0.1, -0.05) is 0 Å². The first-order chi connectivity index (χ1) is 9.06. The molecule has 2 aromatic heterocycles. The molecule has 0 fully saturated rings. The minimum Gasteiger partial charge on any atom is -0.294 e. The van der Waals surface area contributed by atoms with Crippen LogP contribution in [0.5, 0.6) is 0 Å². The average Bonchev–Trinajstić information content (AvgIpc) is 2.69. The second-order valence-corrected chi connectivity index (χ2v) is 4.84. The van der Waals surface area contributed by atoms with Gasteiger partial charge in [0, 0.05) is 17.3 Å². The minimum absolute atomic E-state index is 0.0779. The largest absolute Gasteiger partial charge is 0.316 e. The number of carbonyl (C=O) groups is 2. The molecule has 19 heavy (non-hydrogen) atoms. The number of anilines is 2. The zero-order valence-electron chi connectivity index (χ0n) is 10.3. The Hall–Kier alpha value is -2.35. The summed E-state index contributed by atoms with van der Waals surface area (Å²) in [5.74, 6) is -1.56. The molecule has 0 saturated carbocycles. The van der Waals surface area contributed by atoms with Crippen molar-refractivity contribution >= 4 is 34.2 Å². The van der Waals surface area contributed by atoms with Crippen LogP contribution in [0, 0.1) is 13.8 Å². The molecule has 0 aliphatic rings. The third kappa shape index (κ3) is 3.32. The number of amides is 2. The van der Waals surface area contributed by atoms with E-state index in [-0.39, 0.29) is 5.95 Å². The maximum Gasteiger partial charge on any atom is 0.316 e. The highest BCUT2D eigenvalue weighted by Crippen LogP contribution is 2.20. The number of aryl methyl sites for hydroxylation is 2. The predicted molar refractivity (Wildman–Crippen MR) is 70.9 cm³/mol. The van der Waals surface area contributed by atoms with Gasteiger partial charge in [-0.15, -0.1) is 11.3 Å². The Morgan fingerprint density at radius 3 is 2.32 bits per heavy atom. The lowest BCUT2D eigenvalue weighted by Crippen LogP contribution is -2.29. The van der Waals surface area contributed by atoms with Crippen LogP contribution in [0.4, 0.5) is 11.1 Å². The summed E-state index contributed by atoms with van der Waals surface area (Å²) in [5, 5.41) is 5.10. The Bertz CT molecular complexity index is 591. The van der Waals surface area contributed by atoms with Crippen LogP contribution in [0.1, 0.15) is 10.6 Å². The SMILES string of the molecule is Cc1nc(NC(=O)C(=O)Nc2ncccn2)sc1C. The number of rotatable bonds is 2. The maximum absolute atomic E-state index is 11.6. The molecule has 8 heteroatoms. The molecule has 2 aromatic rings. The number of hydrogen-bond acceptors (Lipinski definition) is 6. The minimum atomic E-state index is -0.836. The van der Waals surface area contributed by atoms with Crippen LogP contribution in [0.25, 0.3) is 0 Å². The molecule has 0 aromatic carbocycles. The lowest BCUT2D eigenvalue weighted by molar-refractivity contribution is -0.133. The number of thiazole rings is 1. The maximum atomic E-state index is 11.6. The summed E-state index contributed by atoms with van der Waals surface area (Å²) in [4.78, 5) is 35.9. The summed E-state index contributed by atoms with van der Waals surface area (Å²) < 4.78 is 0. The fourth-order valence-electron chi connectivity index (χ4n) is 1.20. The molecule has 0 spiro atoms. The van der Waals surface area contributed by atoms with Crippen LogP contribution in [-0.2, 0) is 9.59 Å². The van der Waals surface area contributed by atoms with Gasteiger partial charge in [0.1, 0.15) is 0 Å². The van der Waals surface area contributed by atoms with E-state index in [4.69, 9.17) is 0 Å². The zero-order chi connectivity index (χ0) is 13.8. The van der Waals surface area contributed by atoms with Crippen LogP contribution in [0.2, 0.25) is 0 Å². The lowest BCUT2D eigenvalue weighted by atomic mass is 10.4. The van der Waals surface area contributed by atoms with E-state index in [1.165, 1.54) is 23.7 Å². The van der Waals surface area contributed by atoms with E-state index in [0.717, 1.165) is 10.6 Å². The van der Waals surface area contributed by atoms with Crippen molar-refractivity contribution in [3.63, 3.8) is 0 Å². The first-order valence-corrected chi connectivity index (χ1v) is 6.21. The van der Waals surface area contributed by atoms with E-state index < -0.39 is 11.8 Å². The lowest BCUT2D eigenvalue weighted by Gasteiger charge is -2.02. The summed E-state index contributed by atoms with van der Waals surface area (Å²) in [6, 6.07) is 1.61. The van der Waals surface area contributed by atoms with Crippen molar-refractivity contribution in [2.45, 2.75) is 13.8 Å². The molecule has 0 aliphatic heterocycles. The van der Waals surface area contributed by atoms with E-state index in [1.807, 2.05) is 13.8 Å². The highest BCUT2D eigenvalue weighted by molar-refractivity contribution is 7.15. The standard InChI is InChI=1S/C11H11N5O2S/c1-6-7(2)19-11(14-6)16-9(18)8(17)15-10-12-4-3-5-13-10/h3-5H,1-2H3,(H,14,16,18)(H,12,13,15,17). The van der Waals surface area contributed by atoms with Gasteiger partial charge >= 0.3 is 11.8 Å². The number of hydrogen-bond donors (Lipinski definition) is 2. The second-order valence-electron chi connectivity index (χ2n) is 3.64. The van der Waals surface area contributed by atoms with E-state index in [2.05, 4.69) is 25.6 Å². The molecule has 2 rings (SSSR count). The highest BCUT2D eigenvalue weighted by Gasteiger charge is 2.16. The molecule has 2 N–H and O–H groups in total. The molecule has 98 valence electrons. The smallest absolute Gasteiger partial charge is 0.294 e. The van der Waals surface area contributed by atoms with Crippen molar-refractivity contribution in [2.24, 2.45) is 0 Å². The summed E-state index contributed by atoms with van der Waals surface area (Å²) >= 11 is 1.31.